The maximum absolute atomic E-state index is 12.6. The zero-order chi connectivity index (χ0) is 18.9. The molecule has 1 amide bonds. The number of furan rings is 1. The van der Waals surface area contributed by atoms with Crippen molar-refractivity contribution in [1.29, 1.82) is 0 Å². The molecule has 8 nitrogen and oxygen atoms in total. The average molecular weight is 382 g/mol. The quantitative estimate of drug-likeness (QED) is 0.690. The molecule has 1 unspecified atom stereocenters. The van der Waals surface area contributed by atoms with Crippen molar-refractivity contribution in [2.75, 3.05) is 50.9 Å². The number of carbonyl (C=O) groups excluding carboxylic acids is 1. The lowest BCUT2D eigenvalue weighted by molar-refractivity contribution is -0.0254. The maximum atomic E-state index is 12.6. The van der Waals surface area contributed by atoms with Gasteiger partial charge in [0, 0.05) is 25.8 Å². The molecule has 8 heteroatoms. The highest BCUT2D eigenvalue weighted by Gasteiger charge is 2.29. The van der Waals surface area contributed by atoms with Gasteiger partial charge in [-0.15, -0.1) is 0 Å². The fourth-order valence-electron chi connectivity index (χ4n) is 3.79. The lowest BCUT2D eigenvalue weighted by Gasteiger charge is -2.31. The minimum absolute atomic E-state index is 0.115. The van der Waals surface area contributed by atoms with Crippen molar-refractivity contribution in [1.82, 2.24) is 14.3 Å². The highest BCUT2D eigenvalue weighted by Crippen LogP contribution is 2.26. The normalized spacial score (nSPS) is 20.6. The number of rotatable bonds is 3. The van der Waals surface area contributed by atoms with Crippen molar-refractivity contribution in [2.24, 2.45) is 0 Å². The molecular formula is C20H22N4O4. The third-order valence-corrected chi connectivity index (χ3v) is 5.24. The van der Waals surface area contributed by atoms with Crippen LogP contribution in [0.4, 0.5) is 5.82 Å². The minimum Gasteiger partial charge on any atom is -0.459 e. The molecule has 5 rings (SSSR count). The van der Waals surface area contributed by atoms with Crippen LogP contribution in [0.15, 0.2) is 47.2 Å². The Morgan fingerprint density at radius 1 is 1.07 bits per heavy atom. The highest BCUT2D eigenvalue weighted by atomic mass is 16.5. The summed E-state index contributed by atoms with van der Waals surface area (Å²) in [6.45, 7) is 4.65. The largest absolute Gasteiger partial charge is 0.459 e. The molecular weight excluding hydrogens is 360 g/mol. The smallest absolute Gasteiger partial charge is 0.289 e. The van der Waals surface area contributed by atoms with E-state index in [9.17, 15) is 4.79 Å². The fraction of sp³-hybridized carbons (Fsp3) is 0.400. The number of imidazole rings is 1. The molecule has 0 bridgehead atoms. The van der Waals surface area contributed by atoms with Crippen molar-refractivity contribution in [2.45, 2.75) is 6.10 Å². The van der Waals surface area contributed by atoms with Gasteiger partial charge in [-0.05, 0) is 24.3 Å². The van der Waals surface area contributed by atoms with Crippen molar-refractivity contribution >= 4 is 17.4 Å². The summed E-state index contributed by atoms with van der Waals surface area (Å²) in [4.78, 5) is 21.4. The summed E-state index contributed by atoms with van der Waals surface area (Å²) in [6.07, 6.45) is 3.27. The average Bonchev–Trinajstić information content (AvgIpc) is 3.44. The second-order valence-electron chi connectivity index (χ2n) is 6.97. The lowest BCUT2D eigenvalue weighted by Crippen LogP contribution is -2.42. The zero-order valence-electron chi connectivity index (χ0n) is 15.5. The number of hydrogen-bond acceptors (Lipinski definition) is 6. The molecule has 0 spiro atoms. The number of fused-ring (bicyclic) bond motifs is 1. The molecule has 0 aromatic carbocycles. The highest BCUT2D eigenvalue weighted by molar-refractivity contribution is 5.91. The molecule has 5 heterocycles. The molecule has 1 atom stereocenters. The van der Waals surface area contributed by atoms with Gasteiger partial charge in [0.05, 0.1) is 38.3 Å². The SMILES string of the molecule is O=C(c1ccco1)N1CCOC(c2cn3c(N4CCOCC4)cccc3n2)C1. The van der Waals surface area contributed by atoms with E-state index >= 15 is 0 Å². The van der Waals surface area contributed by atoms with Crippen LogP contribution in [0.25, 0.3) is 5.65 Å². The fourth-order valence-corrected chi connectivity index (χ4v) is 3.79. The summed E-state index contributed by atoms with van der Waals surface area (Å²) in [5, 5.41) is 0. The predicted molar refractivity (Wildman–Crippen MR) is 102 cm³/mol. The topological polar surface area (TPSA) is 72.5 Å². The van der Waals surface area contributed by atoms with E-state index < -0.39 is 0 Å². The summed E-state index contributed by atoms with van der Waals surface area (Å²) in [5.41, 5.74) is 1.70. The first-order valence-electron chi connectivity index (χ1n) is 9.55. The second kappa shape index (κ2) is 7.29. The first-order valence-corrected chi connectivity index (χ1v) is 9.55. The van der Waals surface area contributed by atoms with Gasteiger partial charge in [-0.3, -0.25) is 9.20 Å². The summed E-state index contributed by atoms with van der Waals surface area (Å²) in [7, 11) is 0. The molecule has 3 aromatic heterocycles. The van der Waals surface area contributed by atoms with Crippen LogP contribution in [0.3, 0.4) is 0 Å². The number of morpholine rings is 2. The van der Waals surface area contributed by atoms with Crippen LogP contribution in [0, 0.1) is 0 Å². The summed E-state index contributed by atoms with van der Waals surface area (Å²) >= 11 is 0. The van der Waals surface area contributed by atoms with E-state index in [4.69, 9.17) is 18.9 Å². The van der Waals surface area contributed by atoms with Crippen LogP contribution in [0.2, 0.25) is 0 Å². The Bertz CT molecular complexity index is 962. The number of carbonyl (C=O) groups is 1. The van der Waals surface area contributed by atoms with Gasteiger partial charge < -0.3 is 23.7 Å². The molecule has 0 aliphatic carbocycles. The third-order valence-electron chi connectivity index (χ3n) is 5.24. The van der Waals surface area contributed by atoms with Crippen LogP contribution >= 0.6 is 0 Å². The zero-order valence-corrected chi connectivity index (χ0v) is 15.5. The van der Waals surface area contributed by atoms with Gasteiger partial charge in [0.15, 0.2) is 5.76 Å². The first-order chi connectivity index (χ1) is 13.8. The Morgan fingerprint density at radius 3 is 2.79 bits per heavy atom. The molecule has 2 saturated heterocycles. The number of amides is 1. The summed E-state index contributed by atoms with van der Waals surface area (Å²) in [5.74, 6) is 1.33. The molecule has 0 N–H and O–H groups in total. The van der Waals surface area contributed by atoms with Crippen LogP contribution in [0.1, 0.15) is 22.4 Å². The van der Waals surface area contributed by atoms with E-state index in [1.54, 1.807) is 17.0 Å². The molecule has 2 aliphatic rings. The van der Waals surface area contributed by atoms with Crippen LogP contribution in [-0.4, -0.2) is 66.2 Å². The van der Waals surface area contributed by atoms with Gasteiger partial charge in [-0.25, -0.2) is 4.98 Å². The van der Waals surface area contributed by atoms with Gasteiger partial charge >= 0.3 is 0 Å². The maximum Gasteiger partial charge on any atom is 0.289 e. The minimum atomic E-state index is -0.259. The molecule has 0 radical (unpaired) electrons. The van der Waals surface area contributed by atoms with Crippen molar-refractivity contribution in [3.8, 4) is 0 Å². The number of hydrogen-bond donors (Lipinski definition) is 0. The van der Waals surface area contributed by atoms with Crippen molar-refractivity contribution in [3.05, 3.63) is 54.2 Å². The molecule has 146 valence electrons. The van der Waals surface area contributed by atoms with Crippen LogP contribution < -0.4 is 4.90 Å². The number of anilines is 1. The van der Waals surface area contributed by atoms with Crippen molar-refractivity contribution < 1.29 is 18.7 Å². The Kier molecular flexibility index (Phi) is 4.50. The van der Waals surface area contributed by atoms with E-state index in [0.717, 1.165) is 43.5 Å². The Balaban J connectivity index is 1.40. The number of ether oxygens (including phenoxy) is 2. The first kappa shape index (κ1) is 17.3. The van der Waals surface area contributed by atoms with E-state index in [0.29, 0.717) is 25.5 Å². The number of pyridine rings is 1. The standard InChI is InChI=1S/C20H22N4O4/c25-20(16-3-2-9-27-16)23-8-12-28-17(14-23)15-13-24-18(21-15)4-1-5-19(24)22-6-10-26-11-7-22/h1-5,9,13,17H,6-8,10-12,14H2. The van der Waals surface area contributed by atoms with E-state index in [1.807, 2.05) is 18.3 Å². The lowest BCUT2D eigenvalue weighted by atomic mass is 10.2. The Hall–Kier alpha value is -2.84. The van der Waals surface area contributed by atoms with E-state index in [1.165, 1.54) is 6.26 Å². The monoisotopic (exact) mass is 382 g/mol. The van der Waals surface area contributed by atoms with Gasteiger partial charge in [-0.2, -0.15) is 0 Å². The number of nitrogens with zero attached hydrogens (tertiary/aromatic N) is 4. The molecule has 2 fully saturated rings. The van der Waals surface area contributed by atoms with E-state index in [2.05, 4.69) is 15.4 Å². The Morgan fingerprint density at radius 2 is 1.96 bits per heavy atom. The molecule has 0 saturated carbocycles. The van der Waals surface area contributed by atoms with Gasteiger partial charge in [-0.1, -0.05) is 6.07 Å². The number of aromatic nitrogens is 2. The van der Waals surface area contributed by atoms with E-state index in [-0.39, 0.29) is 12.0 Å². The molecule has 28 heavy (non-hydrogen) atoms. The van der Waals surface area contributed by atoms with Crippen LogP contribution in [-0.2, 0) is 9.47 Å². The van der Waals surface area contributed by atoms with Crippen LogP contribution in [0.5, 0.6) is 0 Å². The second-order valence-corrected chi connectivity index (χ2v) is 6.97. The van der Waals surface area contributed by atoms with Gasteiger partial charge in [0.1, 0.15) is 17.6 Å². The predicted octanol–water partition coefficient (Wildman–Crippen LogP) is 1.98. The molecule has 2 aliphatic heterocycles. The summed E-state index contributed by atoms with van der Waals surface area (Å²) < 4.78 is 18.8. The van der Waals surface area contributed by atoms with Crippen molar-refractivity contribution in [3.63, 3.8) is 0 Å². The van der Waals surface area contributed by atoms with Gasteiger partial charge in [0.25, 0.3) is 5.91 Å². The Labute approximate surface area is 162 Å². The third kappa shape index (κ3) is 3.14. The van der Waals surface area contributed by atoms with Gasteiger partial charge in [0.2, 0.25) is 0 Å². The molecule has 3 aromatic rings. The summed E-state index contributed by atoms with van der Waals surface area (Å²) in [6, 6.07) is 9.51.